The molecular weight excluding hydrogens is 829 g/mol. The molecule has 0 aromatic carbocycles. The predicted molar refractivity (Wildman–Crippen MR) is 287 cm³/mol. The Bertz CT molecular complexity index is 1670. The van der Waals surface area contributed by atoms with Crippen molar-refractivity contribution in [3.63, 3.8) is 0 Å². The Labute approximate surface area is 408 Å². The van der Waals surface area contributed by atoms with E-state index < -0.39 is 12.1 Å². The third-order valence-electron chi connectivity index (χ3n) is 9.61. The van der Waals surface area contributed by atoms with Gasteiger partial charge in [0.2, 0.25) is 0 Å². The zero-order valence-electron chi connectivity index (χ0n) is 41.8. The molecule has 0 amide bonds. The van der Waals surface area contributed by atoms with Crippen LogP contribution in [0.3, 0.4) is 0 Å². The predicted octanol–water partition coefficient (Wildman–Crippen LogP) is 17.0. The van der Waals surface area contributed by atoms with Gasteiger partial charge in [-0.1, -0.05) is 229 Å². The Morgan fingerprint density at radius 3 is 1.10 bits per heavy atom. The first-order valence-electron chi connectivity index (χ1n) is 25.4. The van der Waals surface area contributed by atoms with Crippen LogP contribution < -0.4 is 0 Å². The Morgan fingerprint density at radius 2 is 0.687 bits per heavy atom. The van der Waals surface area contributed by atoms with Gasteiger partial charge in [-0.15, -0.1) is 0 Å². The van der Waals surface area contributed by atoms with Crippen molar-refractivity contribution in [2.24, 2.45) is 0 Å². The molecule has 67 heavy (non-hydrogen) atoms. The molecule has 0 radical (unpaired) electrons. The van der Waals surface area contributed by atoms with E-state index in [0.29, 0.717) is 12.8 Å². The van der Waals surface area contributed by atoms with E-state index >= 15 is 0 Å². The first-order valence-corrected chi connectivity index (χ1v) is 25.4. The first kappa shape index (κ1) is 61.5. The molecule has 0 heterocycles. The van der Waals surface area contributed by atoms with Crippen LogP contribution in [0.15, 0.2) is 182 Å². The summed E-state index contributed by atoms with van der Waals surface area (Å²) in [6.07, 6.45) is 80.3. The molecule has 0 aromatic rings. The highest BCUT2D eigenvalue weighted by Crippen LogP contribution is 2.10. The Hall–Kier alpha value is -5.49. The van der Waals surface area contributed by atoms with Crippen LogP contribution in [0, 0.1) is 0 Å². The summed E-state index contributed by atoms with van der Waals surface area (Å²) in [5, 5.41) is 0. The van der Waals surface area contributed by atoms with E-state index in [1.165, 1.54) is 12.8 Å². The van der Waals surface area contributed by atoms with Gasteiger partial charge in [0, 0.05) is 19.3 Å². The minimum Gasteiger partial charge on any atom is -0.462 e. The van der Waals surface area contributed by atoms with E-state index in [1.807, 2.05) is 85.1 Å². The Morgan fingerprint density at radius 1 is 0.328 bits per heavy atom. The first-order chi connectivity index (χ1) is 33.0. The number of carbonyl (C=O) groups excluding carboxylic acids is 3. The fourth-order valence-electron chi connectivity index (χ4n) is 5.84. The lowest BCUT2D eigenvalue weighted by Crippen LogP contribution is -2.30. The van der Waals surface area contributed by atoms with Gasteiger partial charge in [-0.2, -0.15) is 0 Å². The maximum atomic E-state index is 12.8. The molecule has 6 heteroatoms. The molecule has 0 saturated carbocycles. The molecule has 1 atom stereocenters. The van der Waals surface area contributed by atoms with Crippen LogP contribution in [-0.2, 0) is 28.6 Å². The number of hydrogen-bond acceptors (Lipinski definition) is 6. The highest BCUT2D eigenvalue weighted by atomic mass is 16.6. The maximum absolute atomic E-state index is 12.8. The summed E-state index contributed by atoms with van der Waals surface area (Å²) in [6, 6.07) is 0. The molecule has 0 aliphatic rings. The quantitative estimate of drug-likeness (QED) is 0.0200. The van der Waals surface area contributed by atoms with Gasteiger partial charge in [0.15, 0.2) is 6.10 Å². The molecule has 368 valence electrons. The topological polar surface area (TPSA) is 78.9 Å². The fourth-order valence-corrected chi connectivity index (χ4v) is 5.84. The number of allylic oxidation sites excluding steroid dienone is 30. The lowest BCUT2D eigenvalue weighted by atomic mass is 10.1. The number of unbranched alkanes of at least 4 members (excludes halogenated alkanes) is 8. The molecule has 0 spiro atoms. The minimum absolute atomic E-state index is 0.148. The number of ether oxygens (including phenoxy) is 3. The third-order valence-corrected chi connectivity index (χ3v) is 9.61. The zero-order chi connectivity index (χ0) is 48.6. The largest absolute Gasteiger partial charge is 0.462 e. The Kier molecular flexibility index (Phi) is 48.8. The van der Waals surface area contributed by atoms with Gasteiger partial charge in [-0.25, -0.2) is 0 Å². The normalized spacial score (nSPS) is 13.7. The number of rotatable bonds is 42. The van der Waals surface area contributed by atoms with Crippen LogP contribution in [0.2, 0.25) is 0 Å². The third kappa shape index (κ3) is 51.4. The summed E-state index contributed by atoms with van der Waals surface area (Å²) in [5.41, 5.74) is 0. The van der Waals surface area contributed by atoms with Gasteiger partial charge in [-0.3, -0.25) is 14.4 Å². The molecule has 0 N–H and O–H groups in total. The van der Waals surface area contributed by atoms with Crippen LogP contribution >= 0.6 is 0 Å². The highest BCUT2D eigenvalue weighted by Gasteiger charge is 2.19. The standard InChI is InChI=1S/C61H88O6/c1-4-7-10-13-16-19-22-24-26-28-30-32-34-36-39-42-45-48-51-54-60(63)66-57-58(56-65-59(62)53-50-47-44-41-38-21-18-15-12-9-6-3)67-61(64)55-52-49-46-43-40-37-35-33-31-29-27-25-23-20-17-14-11-8-5-2/h7-8,10-11,13,15-22,24-28,30-34,36-40,46,49,58H,4-6,9,12,14,23,29,35,41-45,47-48,50-57H2,1-3H3/b10-7-,11-8-,16-13-,18-15-,20-17-,22-19-,26-24-,27-25-,30-28+,33-31-,34-32-,38-21-,39-36-,40-37-,49-46-. The van der Waals surface area contributed by atoms with Gasteiger partial charge in [0.05, 0.1) is 0 Å². The number of esters is 3. The molecule has 0 aliphatic carbocycles. The highest BCUT2D eigenvalue weighted by molar-refractivity contribution is 5.71. The molecule has 0 aliphatic heterocycles. The molecule has 0 bridgehead atoms. The van der Waals surface area contributed by atoms with Crippen LogP contribution in [0.1, 0.15) is 162 Å². The second-order valence-electron chi connectivity index (χ2n) is 15.8. The van der Waals surface area contributed by atoms with E-state index in [-0.39, 0.29) is 44.4 Å². The van der Waals surface area contributed by atoms with Crippen molar-refractivity contribution < 1.29 is 28.6 Å². The average molecular weight is 917 g/mol. The van der Waals surface area contributed by atoms with Crippen LogP contribution in [0.25, 0.3) is 0 Å². The maximum Gasteiger partial charge on any atom is 0.306 e. The average Bonchev–Trinajstić information content (AvgIpc) is 3.33. The molecule has 0 rings (SSSR count). The summed E-state index contributed by atoms with van der Waals surface area (Å²) >= 11 is 0. The van der Waals surface area contributed by atoms with Gasteiger partial charge in [-0.05, 0) is 96.3 Å². The van der Waals surface area contributed by atoms with Crippen molar-refractivity contribution >= 4 is 17.9 Å². The summed E-state index contributed by atoms with van der Waals surface area (Å²) in [5.74, 6) is -1.12. The smallest absolute Gasteiger partial charge is 0.306 e. The van der Waals surface area contributed by atoms with Crippen molar-refractivity contribution in [2.45, 2.75) is 168 Å². The lowest BCUT2D eigenvalue weighted by molar-refractivity contribution is -0.166. The van der Waals surface area contributed by atoms with E-state index in [1.54, 1.807) is 0 Å². The molecule has 0 saturated heterocycles. The van der Waals surface area contributed by atoms with E-state index in [9.17, 15) is 14.4 Å². The SMILES string of the molecule is CC\C=C/C=C\C=C/C=C\C=C\C=C/C=C\CCCCCC(=O)OCC(COC(=O)CCCCC/C=C\C=C/CCCC)OC(=O)CC/C=C\C/C=C\C/C=C\C/C=C\C/C=C\C/C=C\CC. The second-order valence-corrected chi connectivity index (χ2v) is 15.8. The van der Waals surface area contributed by atoms with Gasteiger partial charge in [0.25, 0.3) is 0 Å². The van der Waals surface area contributed by atoms with Crippen molar-refractivity contribution in [1.82, 2.24) is 0 Å². The summed E-state index contributed by atoms with van der Waals surface area (Å²) in [4.78, 5) is 37.9. The van der Waals surface area contributed by atoms with Crippen LogP contribution in [0.5, 0.6) is 0 Å². The number of hydrogen-bond donors (Lipinski definition) is 0. The van der Waals surface area contributed by atoms with Crippen molar-refractivity contribution in [2.75, 3.05) is 13.2 Å². The van der Waals surface area contributed by atoms with Crippen molar-refractivity contribution in [3.8, 4) is 0 Å². The second kappa shape index (κ2) is 53.1. The monoisotopic (exact) mass is 917 g/mol. The molecule has 0 fully saturated rings. The summed E-state index contributed by atoms with van der Waals surface area (Å²) in [6.45, 7) is 6.15. The molecule has 6 nitrogen and oxygen atoms in total. The van der Waals surface area contributed by atoms with Gasteiger partial charge >= 0.3 is 17.9 Å². The van der Waals surface area contributed by atoms with Gasteiger partial charge < -0.3 is 14.2 Å². The van der Waals surface area contributed by atoms with Gasteiger partial charge in [0.1, 0.15) is 13.2 Å². The summed E-state index contributed by atoms with van der Waals surface area (Å²) < 4.78 is 16.6. The fraction of sp³-hybridized carbons (Fsp3) is 0.459. The minimum atomic E-state index is -0.859. The van der Waals surface area contributed by atoms with Crippen LogP contribution in [-0.4, -0.2) is 37.2 Å². The van der Waals surface area contributed by atoms with E-state index in [2.05, 4.69) is 118 Å². The number of carbonyl (C=O) groups is 3. The lowest BCUT2D eigenvalue weighted by Gasteiger charge is -2.18. The Balaban J connectivity index is 4.67. The van der Waals surface area contributed by atoms with Crippen molar-refractivity contribution in [3.05, 3.63) is 182 Å². The van der Waals surface area contributed by atoms with Crippen LogP contribution in [0.4, 0.5) is 0 Å². The van der Waals surface area contributed by atoms with E-state index in [4.69, 9.17) is 14.2 Å². The molecule has 0 aromatic heterocycles. The molecule has 1 unspecified atom stereocenters. The summed E-state index contributed by atoms with van der Waals surface area (Å²) in [7, 11) is 0. The van der Waals surface area contributed by atoms with Crippen molar-refractivity contribution in [1.29, 1.82) is 0 Å². The molecular formula is C61H88O6. The van der Waals surface area contributed by atoms with E-state index in [0.717, 1.165) is 96.3 Å². The zero-order valence-corrected chi connectivity index (χ0v) is 41.8.